The molecule has 0 fully saturated rings. The maximum absolute atomic E-state index is 12.4. The fourth-order valence-corrected chi connectivity index (χ4v) is 2.51. The Morgan fingerprint density at radius 1 is 1.00 bits per heavy atom. The number of carbonyl (C=O) groups is 1. The van der Waals surface area contributed by atoms with Gasteiger partial charge in [0.2, 0.25) is 11.5 Å². The first-order valence-corrected chi connectivity index (χ1v) is 7.14. The van der Waals surface area contributed by atoms with Crippen molar-refractivity contribution in [2.75, 3.05) is 21.3 Å². The molecule has 0 atom stereocenters. The van der Waals surface area contributed by atoms with Crippen LogP contribution >= 0.6 is 0 Å². The van der Waals surface area contributed by atoms with Gasteiger partial charge >= 0.3 is 0 Å². The maximum Gasteiger partial charge on any atom is 0.231 e. The summed E-state index contributed by atoms with van der Waals surface area (Å²) in [5, 5.41) is 9.50. The Hall–Kier alpha value is -3.15. The van der Waals surface area contributed by atoms with Crippen molar-refractivity contribution in [3.63, 3.8) is 0 Å². The Balaban J connectivity index is 2.02. The molecule has 0 aromatic heterocycles. The molecule has 1 N–H and O–H groups in total. The van der Waals surface area contributed by atoms with Crippen LogP contribution in [0.4, 0.5) is 0 Å². The molecule has 0 unspecified atom stereocenters. The van der Waals surface area contributed by atoms with Gasteiger partial charge in [-0.2, -0.15) is 0 Å². The lowest BCUT2D eigenvalue weighted by atomic mass is 10.1. The van der Waals surface area contributed by atoms with Gasteiger partial charge in [-0.25, -0.2) is 0 Å². The van der Waals surface area contributed by atoms with Crippen molar-refractivity contribution in [3.8, 4) is 28.7 Å². The van der Waals surface area contributed by atoms with E-state index in [4.69, 9.17) is 18.9 Å². The van der Waals surface area contributed by atoms with Gasteiger partial charge in [0.1, 0.15) is 11.5 Å². The van der Waals surface area contributed by atoms with E-state index in [9.17, 15) is 9.90 Å². The number of rotatable bonds is 4. The minimum absolute atomic E-state index is 0.0376. The molecule has 0 saturated carbocycles. The minimum Gasteiger partial charge on any atom is -0.508 e. The van der Waals surface area contributed by atoms with Gasteiger partial charge in [0.05, 0.1) is 26.9 Å². The van der Waals surface area contributed by atoms with Crippen LogP contribution in [0.1, 0.15) is 15.9 Å². The number of phenols is 1. The molecule has 0 amide bonds. The van der Waals surface area contributed by atoms with Crippen LogP contribution in [0.3, 0.4) is 0 Å². The lowest BCUT2D eigenvalue weighted by Gasteiger charge is -2.13. The Labute approximate surface area is 138 Å². The van der Waals surface area contributed by atoms with Crippen molar-refractivity contribution in [3.05, 3.63) is 47.2 Å². The predicted molar refractivity (Wildman–Crippen MR) is 87.1 cm³/mol. The van der Waals surface area contributed by atoms with E-state index in [1.807, 2.05) is 0 Å². The van der Waals surface area contributed by atoms with E-state index in [1.165, 1.54) is 39.5 Å². The SMILES string of the molecule is COc1cc(/C=C2\Oc3cc(O)ccc3C2=O)cc(OC)c1OC. The van der Waals surface area contributed by atoms with Crippen LogP contribution in [0.2, 0.25) is 0 Å². The van der Waals surface area contributed by atoms with Gasteiger partial charge in [-0.3, -0.25) is 4.79 Å². The summed E-state index contributed by atoms with van der Waals surface area (Å²) >= 11 is 0. The third kappa shape index (κ3) is 2.62. The number of Topliss-reactive ketones (excluding diaryl/α,β-unsaturated/α-hetero) is 1. The number of hydrogen-bond acceptors (Lipinski definition) is 6. The fraction of sp³-hybridized carbons (Fsp3) is 0.167. The second-order valence-corrected chi connectivity index (χ2v) is 5.08. The Morgan fingerprint density at radius 2 is 1.67 bits per heavy atom. The number of benzene rings is 2. The van der Waals surface area contributed by atoms with Crippen molar-refractivity contribution in [1.82, 2.24) is 0 Å². The quantitative estimate of drug-likeness (QED) is 0.870. The molecule has 24 heavy (non-hydrogen) atoms. The van der Waals surface area contributed by atoms with Gasteiger partial charge in [-0.1, -0.05) is 0 Å². The molecule has 1 aliphatic heterocycles. The topological polar surface area (TPSA) is 74.2 Å². The van der Waals surface area contributed by atoms with Gasteiger partial charge in [0.25, 0.3) is 0 Å². The average Bonchev–Trinajstić information content (AvgIpc) is 2.88. The van der Waals surface area contributed by atoms with Crippen molar-refractivity contribution in [2.45, 2.75) is 0 Å². The standard InChI is InChI=1S/C18H16O6/c1-21-15-7-10(8-16(22-2)18(15)23-3)6-14-17(20)12-5-4-11(19)9-13(12)24-14/h4-9,19H,1-3H3/b14-6-. The smallest absolute Gasteiger partial charge is 0.231 e. The number of allylic oxidation sites excluding steroid dienone is 1. The van der Waals surface area contributed by atoms with Gasteiger partial charge in [-0.05, 0) is 35.9 Å². The molecule has 124 valence electrons. The highest BCUT2D eigenvalue weighted by Crippen LogP contribution is 2.40. The number of carbonyl (C=O) groups excluding carboxylic acids is 1. The molecule has 2 aromatic rings. The van der Waals surface area contributed by atoms with Gasteiger partial charge < -0.3 is 24.1 Å². The maximum atomic E-state index is 12.4. The Kier molecular flexibility index (Phi) is 4.04. The van der Waals surface area contributed by atoms with E-state index < -0.39 is 0 Å². The molecule has 1 aliphatic rings. The van der Waals surface area contributed by atoms with Crippen molar-refractivity contribution >= 4 is 11.9 Å². The first kappa shape index (κ1) is 15.7. The summed E-state index contributed by atoms with van der Waals surface area (Å²) in [6, 6.07) is 7.81. The van der Waals surface area contributed by atoms with Crippen LogP contribution < -0.4 is 18.9 Å². The predicted octanol–water partition coefficient (Wildman–Crippen LogP) is 3.03. The molecule has 2 aromatic carbocycles. The highest BCUT2D eigenvalue weighted by molar-refractivity contribution is 6.14. The summed E-state index contributed by atoms with van der Waals surface area (Å²) in [5.41, 5.74) is 1.07. The molecule has 6 heteroatoms. The first-order chi connectivity index (χ1) is 11.6. The summed E-state index contributed by atoms with van der Waals surface area (Å²) in [6.45, 7) is 0. The molecule has 0 aliphatic carbocycles. The summed E-state index contributed by atoms with van der Waals surface area (Å²) in [5.74, 6) is 1.69. The Bertz CT molecular complexity index is 812. The molecule has 1 heterocycles. The van der Waals surface area contributed by atoms with E-state index in [0.29, 0.717) is 34.1 Å². The van der Waals surface area contributed by atoms with E-state index in [0.717, 1.165) is 0 Å². The molecular weight excluding hydrogens is 312 g/mol. The van der Waals surface area contributed by atoms with E-state index in [1.54, 1.807) is 18.2 Å². The molecule has 3 rings (SSSR count). The highest BCUT2D eigenvalue weighted by atomic mass is 16.5. The van der Waals surface area contributed by atoms with Gasteiger partial charge in [-0.15, -0.1) is 0 Å². The third-order valence-electron chi connectivity index (χ3n) is 3.64. The Morgan fingerprint density at radius 3 is 2.25 bits per heavy atom. The lowest BCUT2D eigenvalue weighted by molar-refractivity contribution is 0.101. The molecule has 0 spiro atoms. The molecule has 0 radical (unpaired) electrons. The number of aromatic hydroxyl groups is 1. The minimum atomic E-state index is -0.251. The van der Waals surface area contributed by atoms with Crippen LogP contribution in [0.25, 0.3) is 6.08 Å². The second kappa shape index (κ2) is 6.16. The summed E-state index contributed by atoms with van der Waals surface area (Å²) in [7, 11) is 4.55. The fourth-order valence-electron chi connectivity index (χ4n) is 2.51. The number of ketones is 1. The molecule has 0 bridgehead atoms. The van der Waals surface area contributed by atoms with E-state index in [-0.39, 0.29) is 17.3 Å². The lowest BCUT2D eigenvalue weighted by Crippen LogP contribution is -1.99. The van der Waals surface area contributed by atoms with Crippen LogP contribution in [0.5, 0.6) is 28.7 Å². The highest BCUT2D eigenvalue weighted by Gasteiger charge is 2.27. The van der Waals surface area contributed by atoms with Gasteiger partial charge in [0.15, 0.2) is 17.3 Å². The third-order valence-corrected chi connectivity index (χ3v) is 3.64. The second-order valence-electron chi connectivity index (χ2n) is 5.08. The van der Waals surface area contributed by atoms with E-state index in [2.05, 4.69) is 0 Å². The van der Waals surface area contributed by atoms with Crippen LogP contribution in [0.15, 0.2) is 36.1 Å². The first-order valence-electron chi connectivity index (χ1n) is 7.14. The zero-order chi connectivity index (χ0) is 17.3. The summed E-state index contributed by atoms with van der Waals surface area (Å²) < 4.78 is 21.4. The van der Waals surface area contributed by atoms with Gasteiger partial charge in [0, 0.05) is 6.07 Å². The normalized spacial score (nSPS) is 14.3. The molecular formula is C18H16O6. The van der Waals surface area contributed by atoms with E-state index >= 15 is 0 Å². The zero-order valence-corrected chi connectivity index (χ0v) is 13.5. The van der Waals surface area contributed by atoms with Crippen molar-refractivity contribution in [2.24, 2.45) is 0 Å². The van der Waals surface area contributed by atoms with Crippen molar-refractivity contribution < 1.29 is 28.8 Å². The summed E-state index contributed by atoms with van der Waals surface area (Å²) in [4.78, 5) is 12.4. The number of hydrogen-bond donors (Lipinski definition) is 1. The molecule has 0 saturated heterocycles. The number of methoxy groups -OCH3 is 3. The summed E-state index contributed by atoms with van der Waals surface area (Å²) in [6.07, 6.45) is 1.59. The largest absolute Gasteiger partial charge is 0.508 e. The number of phenolic OH excluding ortho intramolecular Hbond substituents is 1. The molecule has 6 nitrogen and oxygen atoms in total. The van der Waals surface area contributed by atoms with Crippen LogP contribution in [-0.2, 0) is 0 Å². The average molecular weight is 328 g/mol. The zero-order valence-electron chi connectivity index (χ0n) is 13.5. The number of fused-ring (bicyclic) bond motifs is 1. The van der Waals surface area contributed by atoms with Crippen LogP contribution in [0, 0.1) is 0 Å². The monoisotopic (exact) mass is 328 g/mol. The van der Waals surface area contributed by atoms with Crippen LogP contribution in [-0.4, -0.2) is 32.2 Å². The number of ether oxygens (including phenoxy) is 4. The van der Waals surface area contributed by atoms with Crippen molar-refractivity contribution in [1.29, 1.82) is 0 Å².